The average molecular weight is 292 g/mol. The molecule has 2 unspecified atom stereocenters. The summed E-state index contributed by atoms with van der Waals surface area (Å²) in [6.07, 6.45) is 1.48. The van der Waals surface area contributed by atoms with E-state index in [1.54, 1.807) is 13.2 Å². The van der Waals surface area contributed by atoms with Gasteiger partial charge in [0.2, 0.25) is 0 Å². The van der Waals surface area contributed by atoms with Gasteiger partial charge in [-0.25, -0.2) is 4.79 Å². The first-order valence-electron chi connectivity index (χ1n) is 6.14. The molecule has 2 amide bonds. The minimum atomic E-state index is -0.985. The Morgan fingerprint density at radius 3 is 2.26 bits per heavy atom. The minimum absolute atomic E-state index is 0.0984. The van der Waals surface area contributed by atoms with Crippen LogP contribution in [-0.4, -0.2) is 56.3 Å². The molecule has 7 heteroatoms. The van der Waals surface area contributed by atoms with Crippen molar-refractivity contribution in [2.24, 2.45) is 0 Å². The summed E-state index contributed by atoms with van der Waals surface area (Å²) in [6, 6.07) is -0.542. The smallest absolute Gasteiger partial charge is 0.318 e. The maximum absolute atomic E-state index is 12.1. The fourth-order valence-corrected chi connectivity index (χ4v) is 2.42. The molecule has 0 saturated heterocycles. The number of amides is 2. The number of hydrogen-bond donors (Lipinski definition) is 2. The number of nitrogens with zero attached hydrogens (tertiary/aromatic N) is 1. The quantitative estimate of drug-likeness (QED) is 0.766. The average Bonchev–Trinajstić information content (AvgIpc) is 2.12. The number of rotatable bonds is 6. The van der Waals surface area contributed by atoms with Crippen LogP contribution in [0.3, 0.4) is 0 Å². The highest BCUT2D eigenvalue weighted by atomic mass is 32.2. The van der Waals surface area contributed by atoms with Gasteiger partial charge in [-0.2, -0.15) is 0 Å². The van der Waals surface area contributed by atoms with E-state index in [4.69, 9.17) is 5.11 Å². The van der Waals surface area contributed by atoms with Gasteiger partial charge in [0, 0.05) is 40.9 Å². The highest BCUT2D eigenvalue weighted by molar-refractivity contribution is 7.84. The maximum atomic E-state index is 12.1. The molecule has 0 saturated carbocycles. The van der Waals surface area contributed by atoms with Crippen LogP contribution in [0, 0.1) is 0 Å². The molecule has 0 aliphatic carbocycles. The van der Waals surface area contributed by atoms with E-state index < -0.39 is 22.3 Å². The Bertz CT molecular complexity index is 352. The molecule has 0 spiro atoms. The van der Waals surface area contributed by atoms with Gasteiger partial charge in [0.25, 0.3) is 0 Å². The number of carbonyl (C=O) groups excluding carboxylic acids is 1. The SMILES string of the molecule is CC(CS(C)=O)NC(=O)N(CCC(=O)O)C(C)(C)C. The molecule has 112 valence electrons. The van der Waals surface area contributed by atoms with E-state index in [1.165, 1.54) is 4.90 Å². The molecule has 0 aromatic rings. The molecule has 0 rings (SSSR count). The monoisotopic (exact) mass is 292 g/mol. The lowest BCUT2D eigenvalue weighted by atomic mass is 10.1. The van der Waals surface area contributed by atoms with Crippen molar-refractivity contribution in [3.05, 3.63) is 0 Å². The zero-order valence-electron chi connectivity index (χ0n) is 12.2. The van der Waals surface area contributed by atoms with Crippen LogP contribution in [0.15, 0.2) is 0 Å². The Morgan fingerprint density at radius 1 is 1.37 bits per heavy atom. The van der Waals surface area contributed by atoms with E-state index >= 15 is 0 Å². The second-order valence-electron chi connectivity index (χ2n) is 5.56. The third kappa shape index (κ3) is 7.81. The van der Waals surface area contributed by atoms with E-state index in [9.17, 15) is 13.8 Å². The lowest BCUT2D eigenvalue weighted by molar-refractivity contribution is -0.137. The number of hydrogen-bond acceptors (Lipinski definition) is 3. The van der Waals surface area contributed by atoms with E-state index in [0.29, 0.717) is 5.75 Å². The molecule has 6 nitrogen and oxygen atoms in total. The first-order chi connectivity index (χ1) is 8.54. The predicted molar refractivity (Wildman–Crippen MR) is 75.6 cm³/mol. The van der Waals surface area contributed by atoms with Crippen LogP contribution < -0.4 is 5.32 Å². The van der Waals surface area contributed by atoms with Gasteiger partial charge in [0.05, 0.1) is 6.42 Å². The van der Waals surface area contributed by atoms with Crippen molar-refractivity contribution < 1.29 is 18.9 Å². The molecule has 0 aromatic carbocycles. The molecule has 0 heterocycles. The molecular weight excluding hydrogens is 268 g/mol. The van der Waals surface area contributed by atoms with Crippen molar-refractivity contribution in [2.75, 3.05) is 18.6 Å². The second kappa shape index (κ2) is 7.47. The second-order valence-corrected chi connectivity index (χ2v) is 7.04. The van der Waals surface area contributed by atoms with Crippen molar-refractivity contribution in [3.8, 4) is 0 Å². The van der Waals surface area contributed by atoms with Crippen LogP contribution in [0.5, 0.6) is 0 Å². The standard InChI is InChI=1S/C12H24N2O4S/c1-9(8-19(5)18)13-11(17)14(12(2,3)4)7-6-10(15)16/h9H,6-8H2,1-5H3,(H,13,17)(H,15,16). The summed E-state index contributed by atoms with van der Waals surface area (Å²) in [5, 5.41) is 11.5. The Balaban J connectivity index is 4.63. The summed E-state index contributed by atoms with van der Waals surface area (Å²) in [5.74, 6) is -0.562. The first kappa shape index (κ1) is 17.9. The number of urea groups is 1. The van der Waals surface area contributed by atoms with Crippen LogP contribution >= 0.6 is 0 Å². The van der Waals surface area contributed by atoms with E-state index in [0.717, 1.165) is 0 Å². The van der Waals surface area contributed by atoms with Crippen molar-refractivity contribution in [2.45, 2.75) is 45.7 Å². The van der Waals surface area contributed by atoms with Crippen molar-refractivity contribution >= 4 is 22.8 Å². The van der Waals surface area contributed by atoms with Gasteiger partial charge in [-0.15, -0.1) is 0 Å². The molecule has 0 fully saturated rings. The van der Waals surface area contributed by atoms with Crippen LogP contribution in [0.1, 0.15) is 34.1 Å². The topological polar surface area (TPSA) is 86.7 Å². The van der Waals surface area contributed by atoms with E-state index in [1.807, 2.05) is 20.8 Å². The summed E-state index contributed by atoms with van der Waals surface area (Å²) in [6.45, 7) is 7.45. The molecular formula is C12H24N2O4S. The lowest BCUT2D eigenvalue weighted by Gasteiger charge is -2.36. The molecule has 2 N–H and O–H groups in total. The van der Waals surface area contributed by atoms with Gasteiger partial charge < -0.3 is 15.3 Å². The Kier molecular flexibility index (Phi) is 7.04. The van der Waals surface area contributed by atoms with Crippen LogP contribution in [0.4, 0.5) is 4.79 Å². The molecule has 0 aliphatic rings. The van der Waals surface area contributed by atoms with Crippen molar-refractivity contribution in [1.29, 1.82) is 0 Å². The van der Waals surface area contributed by atoms with Gasteiger partial charge in [-0.1, -0.05) is 0 Å². The molecule has 19 heavy (non-hydrogen) atoms. The number of nitrogens with one attached hydrogen (secondary N) is 1. The predicted octanol–water partition coefficient (Wildman–Crippen LogP) is 1.04. The van der Waals surface area contributed by atoms with Crippen LogP contribution in [0.2, 0.25) is 0 Å². The van der Waals surface area contributed by atoms with Gasteiger partial charge in [-0.3, -0.25) is 9.00 Å². The van der Waals surface area contributed by atoms with E-state index in [2.05, 4.69) is 5.32 Å². The zero-order chi connectivity index (χ0) is 15.2. The number of carbonyl (C=O) groups is 2. The highest BCUT2D eigenvalue weighted by Gasteiger charge is 2.27. The maximum Gasteiger partial charge on any atom is 0.318 e. The number of carboxylic acid groups (broad SMARTS) is 1. The summed E-state index contributed by atoms with van der Waals surface area (Å²) in [5.41, 5.74) is -0.468. The molecule has 0 bridgehead atoms. The van der Waals surface area contributed by atoms with Crippen molar-refractivity contribution in [1.82, 2.24) is 10.2 Å². The molecule has 2 atom stereocenters. The fourth-order valence-electron chi connectivity index (χ4n) is 1.63. The summed E-state index contributed by atoms with van der Waals surface area (Å²) >= 11 is 0. The van der Waals surface area contributed by atoms with Gasteiger partial charge in [0.1, 0.15) is 0 Å². The third-order valence-electron chi connectivity index (χ3n) is 2.46. The van der Waals surface area contributed by atoms with Gasteiger partial charge in [-0.05, 0) is 27.7 Å². The van der Waals surface area contributed by atoms with Crippen LogP contribution in [0.25, 0.3) is 0 Å². The Hall–Kier alpha value is -1.11. The van der Waals surface area contributed by atoms with Crippen LogP contribution in [-0.2, 0) is 15.6 Å². The molecule has 0 radical (unpaired) electrons. The number of aliphatic carboxylic acids is 1. The summed E-state index contributed by atoms with van der Waals surface area (Å²) in [4.78, 5) is 24.2. The van der Waals surface area contributed by atoms with Gasteiger partial charge in [0.15, 0.2) is 0 Å². The minimum Gasteiger partial charge on any atom is -0.481 e. The first-order valence-corrected chi connectivity index (χ1v) is 7.86. The molecule has 0 aromatic heterocycles. The Morgan fingerprint density at radius 2 is 1.89 bits per heavy atom. The summed E-state index contributed by atoms with van der Waals surface area (Å²) in [7, 11) is -0.985. The van der Waals surface area contributed by atoms with E-state index in [-0.39, 0.29) is 25.0 Å². The molecule has 0 aliphatic heterocycles. The largest absolute Gasteiger partial charge is 0.481 e. The fraction of sp³-hybridized carbons (Fsp3) is 0.833. The zero-order valence-corrected chi connectivity index (χ0v) is 13.0. The third-order valence-corrected chi connectivity index (χ3v) is 3.43. The van der Waals surface area contributed by atoms with Gasteiger partial charge >= 0.3 is 12.0 Å². The normalized spacial score (nSPS) is 14.6. The highest BCUT2D eigenvalue weighted by Crippen LogP contribution is 2.14. The Labute approximate surface area is 117 Å². The lowest BCUT2D eigenvalue weighted by Crippen LogP contribution is -2.53. The summed E-state index contributed by atoms with van der Waals surface area (Å²) < 4.78 is 11.1. The van der Waals surface area contributed by atoms with Crippen molar-refractivity contribution in [3.63, 3.8) is 0 Å². The number of carboxylic acids is 1.